The van der Waals surface area contributed by atoms with Crippen molar-refractivity contribution in [2.24, 2.45) is 0 Å². The van der Waals surface area contributed by atoms with E-state index >= 15 is 0 Å². The van der Waals surface area contributed by atoms with Crippen LogP contribution in [0.3, 0.4) is 0 Å². The average molecular weight is 324 g/mol. The number of fused-ring (bicyclic) bond motifs is 1. The van der Waals surface area contributed by atoms with E-state index in [0.717, 1.165) is 30.5 Å². The van der Waals surface area contributed by atoms with Crippen molar-refractivity contribution < 1.29 is 12.8 Å². The van der Waals surface area contributed by atoms with E-state index in [4.69, 9.17) is 4.42 Å². The highest BCUT2D eigenvalue weighted by atomic mass is 32.2. The number of anilines is 1. The average Bonchev–Trinajstić information content (AvgIpc) is 3.10. The maximum absolute atomic E-state index is 11.8. The van der Waals surface area contributed by atoms with Crippen LogP contribution in [-0.2, 0) is 10.2 Å². The lowest BCUT2D eigenvalue weighted by atomic mass is 10.2. The van der Waals surface area contributed by atoms with Gasteiger partial charge in [0.2, 0.25) is 0 Å². The number of oxazole rings is 1. The molecule has 0 bridgehead atoms. The Balaban J connectivity index is 1.75. The molecule has 3 rings (SSSR count). The van der Waals surface area contributed by atoms with Gasteiger partial charge in [0.25, 0.3) is 16.2 Å². The van der Waals surface area contributed by atoms with Gasteiger partial charge in [-0.25, -0.2) is 4.72 Å². The molecule has 2 aromatic rings. The lowest BCUT2D eigenvalue weighted by Crippen LogP contribution is -2.44. The van der Waals surface area contributed by atoms with Crippen molar-refractivity contribution >= 4 is 27.3 Å². The first-order valence-electron chi connectivity index (χ1n) is 7.27. The molecule has 0 radical (unpaired) electrons. The molecular formula is C14H20N4O3S. The molecule has 0 amide bonds. The van der Waals surface area contributed by atoms with Crippen LogP contribution in [0.4, 0.5) is 6.01 Å². The molecule has 1 saturated heterocycles. The van der Waals surface area contributed by atoms with Gasteiger partial charge in [0.15, 0.2) is 5.58 Å². The molecule has 7 nitrogen and oxygen atoms in total. The Morgan fingerprint density at radius 3 is 2.91 bits per heavy atom. The molecule has 2 heterocycles. The zero-order chi connectivity index (χ0) is 15.7. The second-order valence-corrected chi connectivity index (χ2v) is 7.56. The Morgan fingerprint density at radius 2 is 2.18 bits per heavy atom. The third-order valence-corrected chi connectivity index (χ3v) is 5.38. The number of hydrogen-bond acceptors (Lipinski definition) is 5. The number of rotatable bonds is 5. The van der Waals surface area contributed by atoms with E-state index in [1.54, 1.807) is 0 Å². The number of hydrogen-bond donors (Lipinski definition) is 1. The molecular weight excluding hydrogens is 304 g/mol. The monoisotopic (exact) mass is 324 g/mol. The summed E-state index contributed by atoms with van der Waals surface area (Å²) in [5.74, 6) is 0. The molecule has 8 heteroatoms. The van der Waals surface area contributed by atoms with E-state index in [-0.39, 0.29) is 6.04 Å². The lowest BCUT2D eigenvalue weighted by molar-refractivity contribution is 0.492. The molecule has 1 aliphatic rings. The molecule has 0 spiro atoms. The minimum Gasteiger partial charge on any atom is -0.423 e. The quantitative estimate of drug-likeness (QED) is 0.894. The van der Waals surface area contributed by atoms with Crippen molar-refractivity contribution in [3.63, 3.8) is 0 Å². The van der Waals surface area contributed by atoms with Crippen LogP contribution in [-0.4, -0.2) is 50.9 Å². The molecule has 1 atom stereocenters. The van der Waals surface area contributed by atoms with E-state index in [9.17, 15) is 8.42 Å². The van der Waals surface area contributed by atoms with E-state index < -0.39 is 10.2 Å². The predicted octanol–water partition coefficient (Wildman–Crippen LogP) is 1.19. The van der Waals surface area contributed by atoms with E-state index in [0.29, 0.717) is 12.6 Å². The SMILES string of the molecule is CN(C)S(=O)(=O)NCC1CCCN1c1nc2ccccc2o1. The molecule has 1 aromatic carbocycles. The van der Waals surface area contributed by atoms with Crippen LogP contribution in [0.1, 0.15) is 12.8 Å². The molecule has 1 aromatic heterocycles. The van der Waals surface area contributed by atoms with E-state index in [1.807, 2.05) is 29.2 Å². The number of nitrogens with zero attached hydrogens (tertiary/aromatic N) is 3. The summed E-state index contributed by atoms with van der Waals surface area (Å²) < 4.78 is 33.2. The van der Waals surface area contributed by atoms with Gasteiger partial charge in [0, 0.05) is 33.2 Å². The van der Waals surface area contributed by atoms with Gasteiger partial charge in [-0.2, -0.15) is 17.7 Å². The number of para-hydroxylation sites is 2. The van der Waals surface area contributed by atoms with Crippen molar-refractivity contribution in [1.82, 2.24) is 14.0 Å². The van der Waals surface area contributed by atoms with Crippen molar-refractivity contribution in [3.05, 3.63) is 24.3 Å². The van der Waals surface area contributed by atoms with E-state index in [2.05, 4.69) is 9.71 Å². The Labute approximate surface area is 130 Å². The first-order valence-corrected chi connectivity index (χ1v) is 8.71. The largest absolute Gasteiger partial charge is 0.423 e. The van der Waals surface area contributed by atoms with Gasteiger partial charge in [-0.05, 0) is 25.0 Å². The fourth-order valence-electron chi connectivity index (χ4n) is 2.61. The van der Waals surface area contributed by atoms with Gasteiger partial charge >= 0.3 is 0 Å². The second kappa shape index (κ2) is 5.86. The Morgan fingerprint density at radius 1 is 1.41 bits per heavy atom. The predicted molar refractivity (Wildman–Crippen MR) is 85.0 cm³/mol. The number of nitrogens with one attached hydrogen (secondary N) is 1. The van der Waals surface area contributed by atoms with Crippen LogP contribution in [0.25, 0.3) is 11.1 Å². The summed E-state index contributed by atoms with van der Waals surface area (Å²) in [6.07, 6.45) is 1.90. The van der Waals surface area contributed by atoms with Gasteiger partial charge in [-0.3, -0.25) is 0 Å². The summed E-state index contributed by atoms with van der Waals surface area (Å²) in [7, 11) is -0.391. The highest BCUT2D eigenvalue weighted by Crippen LogP contribution is 2.28. The standard InChI is InChI=1S/C14H20N4O3S/c1-17(2)22(19,20)15-10-11-6-5-9-18(11)14-16-12-7-3-4-8-13(12)21-14/h3-4,7-8,11,15H,5-6,9-10H2,1-2H3. The smallest absolute Gasteiger partial charge is 0.298 e. The van der Waals surface area contributed by atoms with E-state index in [1.165, 1.54) is 18.4 Å². The topological polar surface area (TPSA) is 78.7 Å². The molecule has 1 aliphatic heterocycles. The minimum atomic E-state index is -3.41. The van der Waals surface area contributed by atoms with Crippen molar-refractivity contribution in [1.29, 1.82) is 0 Å². The highest BCUT2D eigenvalue weighted by Gasteiger charge is 2.29. The van der Waals surface area contributed by atoms with Crippen molar-refractivity contribution in [2.45, 2.75) is 18.9 Å². The Bertz CT molecular complexity index is 723. The molecule has 120 valence electrons. The molecule has 1 N–H and O–H groups in total. The second-order valence-electron chi connectivity index (χ2n) is 5.59. The molecule has 0 aliphatic carbocycles. The molecule has 0 saturated carbocycles. The summed E-state index contributed by atoms with van der Waals surface area (Å²) in [5.41, 5.74) is 1.56. The van der Waals surface area contributed by atoms with Crippen molar-refractivity contribution in [2.75, 3.05) is 32.1 Å². The number of benzene rings is 1. The van der Waals surface area contributed by atoms with Gasteiger partial charge < -0.3 is 9.32 Å². The lowest BCUT2D eigenvalue weighted by Gasteiger charge is -2.23. The zero-order valence-corrected chi connectivity index (χ0v) is 13.5. The molecule has 22 heavy (non-hydrogen) atoms. The highest BCUT2D eigenvalue weighted by molar-refractivity contribution is 7.87. The fourth-order valence-corrected chi connectivity index (χ4v) is 3.27. The van der Waals surface area contributed by atoms with Gasteiger partial charge in [-0.15, -0.1) is 0 Å². The maximum atomic E-state index is 11.8. The number of aromatic nitrogens is 1. The van der Waals surface area contributed by atoms with Crippen molar-refractivity contribution in [3.8, 4) is 0 Å². The molecule has 1 fully saturated rings. The normalized spacial score (nSPS) is 19.4. The first kappa shape index (κ1) is 15.3. The van der Waals surface area contributed by atoms with Gasteiger partial charge in [0.05, 0.1) is 0 Å². The summed E-state index contributed by atoms with van der Waals surface area (Å²) in [4.78, 5) is 6.54. The third kappa shape index (κ3) is 2.94. The zero-order valence-electron chi connectivity index (χ0n) is 12.7. The van der Waals surface area contributed by atoms with Crippen LogP contribution in [0.2, 0.25) is 0 Å². The minimum absolute atomic E-state index is 0.0581. The van der Waals surface area contributed by atoms with Crippen LogP contribution in [0.5, 0.6) is 0 Å². The molecule has 1 unspecified atom stereocenters. The van der Waals surface area contributed by atoms with Gasteiger partial charge in [-0.1, -0.05) is 12.1 Å². The summed E-state index contributed by atoms with van der Waals surface area (Å²) in [6.45, 7) is 1.17. The van der Waals surface area contributed by atoms with Crippen LogP contribution in [0.15, 0.2) is 28.7 Å². The van der Waals surface area contributed by atoms with Crippen LogP contribution < -0.4 is 9.62 Å². The third-order valence-electron chi connectivity index (χ3n) is 3.89. The fraction of sp³-hybridized carbons (Fsp3) is 0.500. The summed E-state index contributed by atoms with van der Waals surface area (Å²) in [5, 5.41) is 0. The summed E-state index contributed by atoms with van der Waals surface area (Å²) >= 11 is 0. The maximum Gasteiger partial charge on any atom is 0.298 e. The Hall–Kier alpha value is -1.64. The first-order chi connectivity index (χ1) is 10.5. The van der Waals surface area contributed by atoms with Gasteiger partial charge in [0.1, 0.15) is 5.52 Å². The van der Waals surface area contributed by atoms with Crippen LogP contribution in [0, 0.1) is 0 Å². The Kier molecular flexibility index (Phi) is 4.07. The van der Waals surface area contributed by atoms with Crippen LogP contribution >= 0.6 is 0 Å². The summed E-state index contributed by atoms with van der Waals surface area (Å²) in [6, 6.07) is 8.23.